The molecule has 2 heteroatoms. The topological polar surface area (TPSA) is 37.3 Å². The van der Waals surface area contributed by atoms with Gasteiger partial charge in [-0.15, -0.1) is 0 Å². The van der Waals surface area contributed by atoms with Gasteiger partial charge < -0.3 is 5.11 Å². The molecule has 2 aromatic carbocycles. The SMILES string of the molecule is Cc1ccc(C=CC(=O)C=Cc2ccc(O)cc2)cc1. The predicted octanol–water partition coefficient (Wildman–Crippen LogP) is 4.00. The minimum Gasteiger partial charge on any atom is -0.508 e. The van der Waals surface area contributed by atoms with Gasteiger partial charge in [0.25, 0.3) is 0 Å². The van der Waals surface area contributed by atoms with Crippen LogP contribution in [0.15, 0.2) is 60.7 Å². The summed E-state index contributed by atoms with van der Waals surface area (Å²) in [5.74, 6) is 0.145. The molecule has 0 unspecified atom stereocenters. The summed E-state index contributed by atoms with van der Waals surface area (Å²) in [7, 11) is 0. The maximum atomic E-state index is 11.7. The third-order valence-corrected chi connectivity index (χ3v) is 2.85. The number of aromatic hydroxyl groups is 1. The van der Waals surface area contributed by atoms with E-state index in [1.165, 1.54) is 11.6 Å². The summed E-state index contributed by atoms with van der Waals surface area (Å²) in [6.07, 6.45) is 6.57. The highest BCUT2D eigenvalue weighted by molar-refractivity contribution is 6.04. The van der Waals surface area contributed by atoms with Gasteiger partial charge in [0.1, 0.15) is 5.75 Å². The second-order valence-electron chi connectivity index (χ2n) is 4.57. The van der Waals surface area contributed by atoms with E-state index in [1.807, 2.05) is 31.2 Å². The number of ketones is 1. The van der Waals surface area contributed by atoms with Gasteiger partial charge in [-0.2, -0.15) is 0 Å². The van der Waals surface area contributed by atoms with E-state index < -0.39 is 0 Å². The molecule has 0 spiro atoms. The Morgan fingerprint density at radius 3 is 1.80 bits per heavy atom. The minimum atomic E-state index is -0.0707. The number of rotatable bonds is 4. The molecule has 20 heavy (non-hydrogen) atoms. The molecule has 0 fully saturated rings. The second-order valence-corrected chi connectivity index (χ2v) is 4.57. The van der Waals surface area contributed by atoms with Crippen LogP contribution < -0.4 is 0 Å². The number of carbonyl (C=O) groups is 1. The average Bonchev–Trinajstić information content (AvgIpc) is 2.46. The number of phenols is 1. The highest BCUT2D eigenvalue weighted by Crippen LogP contribution is 2.11. The highest BCUT2D eigenvalue weighted by Gasteiger charge is 1.92. The van der Waals surface area contributed by atoms with Crippen molar-refractivity contribution in [2.75, 3.05) is 0 Å². The molecule has 2 nitrogen and oxygen atoms in total. The van der Waals surface area contributed by atoms with E-state index in [2.05, 4.69) is 0 Å². The average molecular weight is 264 g/mol. The first-order chi connectivity index (χ1) is 9.63. The van der Waals surface area contributed by atoms with Crippen molar-refractivity contribution in [2.24, 2.45) is 0 Å². The van der Waals surface area contributed by atoms with Crippen molar-refractivity contribution in [1.29, 1.82) is 0 Å². The molecule has 0 aliphatic carbocycles. The van der Waals surface area contributed by atoms with E-state index in [1.54, 1.807) is 42.5 Å². The van der Waals surface area contributed by atoms with Gasteiger partial charge in [-0.1, -0.05) is 54.1 Å². The van der Waals surface area contributed by atoms with Crippen LogP contribution in [0.25, 0.3) is 12.2 Å². The lowest BCUT2D eigenvalue weighted by Gasteiger charge is -1.94. The standard InChI is InChI=1S/C18H16O2/c1-14-2-4-15(5-3-14)6-10-17(19)11-7-16-8-12-18(20)13-9-16/h2-13,20H,1H3. The fourth-order valence-electron chi connectivity index (χ4n) is 1.68. The molecule has 100 valence electrons. The van der Waals surface area contributed by atoms with Crippen molar-refractivity contribution >= 4 is 17.9 Å². The summed E-state index contributed by atoms with van der Waals surface area (Å²) in [5.41, 5.74) is 3.07. The molecule has 0 amide bonds. The van der Waals surface area contributed by atoms with Gasteiger partial charge in [-0.05, 0) is 42.3 Å². The van der Waals surface area contributed by atoms with Crippen molar-refractivity contribution in [3.63, 3.8) is 0 Å². The zero-order valence-electron chi connectivity index (χ0n) is 11.3. The maximum Gasteiger partial charge on any atom is 0.178 e. The van der Waals surface area contributed by atoms with Crippen molar-refractivity contribution in [2.45, 2.75) is 6.92 Å². The molecule has 0 aliphatic heterocycles. The molecule has 2 aromatic rings. The van der Waals surface area contributed by atoms with Gasteiger partial charge in [0.2, 0.25) is 0 Å². The second kappa shape index (κ2) is 6.53. The summed E-state index contributed by atoms with van der Waals surface area (Å²) in [6.45, 7) is 2.03. The fourth-order valence-corrected chi connectivity index (χ4v) is 1.68. The van der Waals surface area contributed by atoms with E-state index in [0.29, 0.717) is 0 Å². The summed E-state index contributed by atoms with van der Waals surface area (Å²) in [6, 6.07) is 14.7. The molecule has 0 bridgehead atoms. The fraction of sp³-hybridized carbons (Fsp3) is 0.0556. The van der Waals surface area contributed by atoms with E-state index in [4.69, 9.17) is 5.11 Å². The van der Waals surface area contributed by atoms with Crippen molar-refractivity contribution in [1.82, 2.24) is 0 Å². The Hall–Kier alpha value is -2.61. The van der Waals surface area contributed by atoms with Crippen LogP contribution in [0.3, 0.4) is 0 Å². The zero-order valence-corrected chi connectivity index (χ0v) is 11.3. The first-order valence-corrected chi connectivity index (χ1v) is 6.39. The van der Waals surface area contributed by atoms with Gasteiger partial charge in [-0.3, -0.25) is 4.79 Å². The van der Waals surface area contributed by atoms with Crippen LogP contribution in [0.5, 0.6) is 5.75 Å². The predicted molar refractivity (Wildman–Crippen MR) is 82.4 cm³/mol. The van der Waals surface area contributed by atoms with Crippen molar-refractivity contribution in [3.05, 3.63) is 77.4 Å². The van der Waals surface area contributed by atoms with Gasteiger partial charge >= 0.3 is 0 Å². The first-order valence-electron chi connectivity index (χ1n) is 6.39. The molecule has 0 saturated heterocycles. The molecule has 0 aliphatic rings. The van der Waals surface area contributed by atoms with Gasteiger partial charge in [-0.25, -0.2) is 0 Å². The number of phenolic OH excluding ortho intramolecular Hbond substituents is 1. The van der Waals surface area contributed by atoms with Crippen molar-refractivity contribution in [3.8, 4) is 5.75 Å². The van der Waals surface area contributed by atoms with Crippen LogP contribution in [-0.4, -0.2) is 10.9 Å². The van der Waals surface area contributed by atoms with Crippen LogP contribution in [0, 0.1) is 6.92 Å². The molecular weight excluding hydrogens is 248 g/mol. The van der Waals surface area contributed by atoms with Gasteiger partial charge in [0.15, 0.2) is 5.78 Å². The molecule has 1 N–H and O–H groups in total. The Morgan fingerprint density at radius 1 is 0.850 bits per heavy atom. The first kappa shape index (κ1) is 13.8. The number of carbonyl (C=O) groups excluding carboxylic acids is 1. The normalized spacial score (nSPS) is 11.2. The Bertz CT molecular complexity index is 575. The molecule has 0 aromatic heterocycles. The van der Waals surface area contributed by atoms with Crippen LogP contribution in [0.1, 0.15) is 16.7 Å². The quantitative estimate of drug-likeness (QED) is 0.847. The molecule has 2 rings (SSSR count). The molecular formula is C18H16O2. The molecule has 0 atom stereocenters. The Morgan fingerprint density at radius 2 is 1.30 bits per heavy atom. The van der Waals surface area contributed by atoms with E-state index >= 15 is 0 Å². The number of hydrogen-bond donors (Lipinski definition) is 1. The van der Waals surface area contributed by atoms with Gasteiger partial charge in [0.05, 0.1) is 0 Å². The van der Waals surface area contributed by atoms with Gasteiger partial charge in [0, 0.05) is 0 Å². The Balaban J connectivity index is 1.98. The molecule has 0 saturated carbocycles. The lowest BCUT2D eigenvalue weighted by molar-refractivity contribution is -0.110. The van der Waals surface area contributed by atoms with E-state index in [0.717, 1.165) is 11.1 Å². The summed E-state index contributed by atoms with van der Waals surface area (Å²) in [4.78, 5) is 11.7. The lowest BCUT2D eigenvalue weighted by atomic mass is 10.1. The van der Waals surface area contributed by atoms with E-state index in [9.17, 15) is 4.79 Å². The third-order valence-electron chi connectivity index (χ3n) is 2.85. The van der Waals surface area contributed by atoms with Crippen molar-refractivity contribution < 1.29 is 9.90 Å². The monoisotopic (exact) mass is 264 g/mol. The largest absolute Gasteiger partial charge is 0.508 e. The third kappa shape index (κ3) is 4.25. The maximum absolute atomic E-state index is 11.7. The van der Waals surface area contributed by atoms with Crippen LogP contribution in [-0.2, 0) is 4.79 Å². The Kier molecular flexibility index (Phi) is 4.51. The molecule has 0 heterocycles. The van der Waals surface area contributed by atoms with Crippen LogP contribution in [0.4, 0.5) is 0 Å². The number of aryl methyl sites for hydroxylation is 1. The summed E-state index contributed by atoms with van der Waals surface area (Å²) >= 11 is 0. The number of allylic oxidation sites excluding steroid dienone is 2. The summed E-state index contributed by atoms with van der Waals surface area (Å²) in [5, 5.41) is 9.16. The Labute approximate surface area is 118 Å². The van der Waals surface area contributed by atoms with E-state index in [-0.39, 0.29) is 11.5 Å². The van der Waals surface area contributed by atoms with Crippen LogP contribution in [0.2, 0.25) is 0 Å². The zero-order chi connectivity index (χ0) is 14.4. The highest BCUT2D eigenvalue weighted by atomic mass is 16.3. The minimum absolute atomic E-state index is 0.0707. The summed E-state index contributed by atoms with van der Waals surface area (Å²) < 4.78 is 0. The number of benzene rings is 2. The van der Waals surface area contributed by atoms with Crippen LogP contribution >= 0.6 is 0 Å². The number of hydrogen-bond acceptors (Lipinski definition) is 2. The lowest BCUT2D eigenvalue weighted by Crippen LogP contribution is -1.85. The molecule has 0 radical (unpaired) electrons. The smallest absolute Gasteiger partial charge is 0.178 e.